The number of esters is 2. The van der Waals surface area contributed by atoms with Crippen molar-refractivity contribution in [2.45, 2.75) is 26.4 Å². The molecule has 1 atom stereocenters. The number of rotatable bonds is 4. The predicted octanol–water partition coefficient (Wildman–Crippen LogP) is 1.92. The molecule has 5 nitrogen and oxygen atoms in total. The summed E-state index contributed by atoms with van der Waals surface area (Å²) in [7, 11) is 0. The lowest BCUT2D eigenvalue weighted by Crippen LogP contribution is -2.25. The second-order valence-corrected chi connectivity index (χ2v) is 5.45. The summed E-state index contributed by atoms with van der Waals surface area (Å²) in [6, 6.07) is 0. The van der Waals surface area contributed by atoms with Crippen molar-refractivity contribution >= 4 is 33.0 Å². The first kappa shape index (κ1) is 13.3. The third-order valence-corrected chi connectivity index (χ3v) is 3.78. The minimum absolute atomic E-state index is 0.0496. The molecule has 0 radical (unpaired) electrons. The molecule has 16 heavy (non-hydrogen) atoms. The lowest BCUT2D eigenvalue weighted by atomic mass is 10.2. The Morgan fingerprint density at radius 3 is 2.75 bits per heavy atom. The Morgan fingerprint density at radius 2 is 2.25 bits per heavy atom. The number of nitrogens with zero attached hydrogens (tertiary/aromatic N) is 1. The van der Waals surface area contributed by atoms with E-state index in [1.54, 1.807) is 0 Å². The van der Waals surface area contributed by atoms with Crippen molar-refractivity contribution in [3.8, 4) is 0 Å². The van der Waals surface area contributed by atoms with Gasteiger partial charge in [0.25, 0.3) is 0 Å². The molecule has 0 saturated heterocycles. The number of hydrogen-bond acceptors (Lipinski definition) is 5. The van der Waals surface area contributed by atoms with Gasteiger partial charge in [0.2, 0.25) is 0 Å². The molecule has 0 spiro atoms. The zero-order chi connectivity index (χ0) is 12.0. The smallest absolute Gasteiger partial charge is 0.303 e. The van der Waals surface area contributed by atoms with E-state index in [2.05, 4.69) is 3.15 Å². The fourth-order valence-electron chi connectivity index (χ4n) is 1.16. The number of allylic oxidation sites excluding steroid dienone is 1. The number of carbonyl (C=O) groups is 2. The van der Waals surface area contributed by atoms with Gasteiger partial charge in [-0.25, -0.2) is 3.15 Å². The monoisotopic (exact) mass is 339 g/mol. The van der Waals surface area contributed by atoms with E-state index >= 15 is 0 Å². The Bertz CT molecular complexity index is 338. The maximum Gasteiger partial charge on any atom is 0.303 e. The molecule has 0 bridgehead atoms. The van der Waals surface area contributed by atoms with Crippen molar-refractivity contribution in [2.24, 2.45) is 3.15 Å². The number of hydrogen-bond donors (Lipinski definition) is 0. The maximum absolute atomic E-state index is 10.9. The first-order valence-corrected chi connectivity index (χ1v) is 7.39. The van der Waals surface area contributed by atoms with E-state index in [-0.39, 0.29) is 33.6 Å². The highest BCUT2D eigenvalue weighted by molar-refractivity contribution is 14.2. The van der Waals surface area contributed by atoms with Crippen LogP contribution in [0, 0.1) is 0 Å². The zero-order valence-electron chi connectivity index (χ0n) is 9.23. The van der Waals surface area contributed by atoms with E-state index in [1.165, 1.54) is 13.8 Å². The molecule has 1 aliphatic rings. The van der Waals surface area contributed by atoms with Crippen LogP contribution in [0.15, 0.2) is 14.9 Å². The predicted molar refractivity (Wildman–Crippen MR) is 66.2 cm³/mol. The molecule has 0 aromatic heterocycles. The average molecular weight is 339 g/mol. The quantitative estimate of drug-likeness (QED) is 0.446. The second kappa shape index (κ2) is 6.72. The van der Waals surface area contributed by atoms with Gasteiger partial charge >= 0.3 is 11.9 Å². The number of ether oxygens (including phenoxy) is 2. The van der Waals surface area contributed by atoms with Crippen molar-refractivity contribution in [1.82, 2.24) is 0 Å². The van der Waals surface area contributed by atoms with Crippen LogP contribution < -0.4 is 0 Å². The molecule has 1 rings (SSSR count). The summed E-state index contributed by atoms with van der Waals surface area (Å²) < 4.78 is 15.4. The van der Waals surface area contributed by atoms with Crippen molar-refractivity contribution in [3.05, 3.63) is 11.8 Å². The van der Waals surface area contributed by atoms with Gasteiger partial charge in [-0.05, 0) is 27.5 Å². The topological polar surface area (TPSA) is 65.0 Å². The van der Waals surface area contributed by atoms with E-state index in [1.807, 2.05) is 6.08 Å². The van der Waals surface area contributed by atoms with Crippen LogP contribution in [0.2, 0.25) is 0 Å². The van der Waals surface area contributed by atoms with Gasteiger partial charge in [-0.15, -0.1) is 0 Å². The van der Waals surface area contributed by atoms with Crippen LogP contribution >= 0.6 is 21.0 Å². The van der Waals surface area contributed by atoms with Gasteiger partial charge in [-0.1, -0.05) is 6.08 Å². The molecular formula is C10H14INO4. The van der Waals surface area contributed by atoms with E-state index in [0.29, 0.717) is 0 Å². The SMILES string of the molecule is CC(=O)OCC(OC(C)=O)C1=CCCI=N1. The van der Waals surface area contributed by atoms with Crippen LogP contribution in [0.1, 0.15) is 20.3 Å². The first-order chi connectivity index (χ1) is 7.59. The Morgan fingerprint density at radius 1 is 1.50 bits per heavy atom. The molecule has 90 valence electrons. The number of carbonyl (C=O) groups excluding carboxylic acids is 2. The maximum atomic E-state index is 10.9. The van der Waals surface area contributed by atoms with E-state index < -0.39 is 12.1 Å². The molecule has 1 heterocycles. The second-order valence-electron chi connectivity index (χ2n) is 3.21. The Balaban J connectivity index is 2.62. The summed E-state index contributed by atoms with van der Waals surface area (Å²) in [6.45, 7) is 2.71. The van der Waals surface area contributed by atoms with Crippen molar-refractivity contribution in [3.63, 3.8) is 0 Å². The lowest BCUT2D eigenvalue weighted by molar-refractivity contribution is -0.154. The molecule has 0 aliphatic carbocycles. The summed E-state index contributed by atoms with van der Waals surface area (Å²) in [6.07, 6.45) is 2.37. The van der Waals surface area contributed by atoms with E-state index in [9.17, 15) is 9.59 Å². The fraction of sp³-hybridized carbons (Fsp3) is 0.600. The molecule has 0 amide bonds. The molecular weight excluding hydrogens is 325 g/mol. The van der Waals surface area contributed by atoms with Crippen LogP contribution in [0.4, 0.5) is 0 Å². The van der Waals surface area contributed by atoms with Gasteiger partial charge in [0, 0.05) is 18.3 Å². The summed E-state index contributed by atoms with van der Waals surface area (Å²) in [5, 5.41) is 0. The highest BCUT2D eigenvalue weighted by Crippen LogP contribution is 2.22. The molecule has 0 aromatic carbocycles. The van der Waals surface area contributed by atoms with Crippen molar-refractivity contribution < 1.29 is 19.1 Å². The van der Waals surface area contributed by atoms with Gasteiger partial charge in [0.1, 0.15) is 6.61 Å². The Kier molecular flexibility index (Phi) is 5.58. The average Bonchev–Trinajstić information content (AvgIpc) is 2.25. The van der Waals surface area contributed by atoms with Crippen LogP contribution in [0.5, 0.6) is 0 Å². The molecule has 0 fully saturated rings. The minimum Gasteiger partial charge on any atom is -0.461 e. The summed E-state index contributed by atoms with van der Waals surface area (Å²) >= 11 is -0.187. The van der Waals surface area contributed by atoms with Crippen LogP contribution in [-0.2, 0) is 19.1 Å². The van der Waals surface area contributed by atoms with Crippen molar-refractivity contribution in [1.29, 1.82) is 0 Å². The molecule has 1 unspecified atom stereocenters. The third kappa shape index (κ3) is 4.82. The lowest BCUT2D eigenvalue weighted by Gasteiger charge is -2.18. The fourth-order valence-corrected chi connectivity index (χ4v) is 2.89. The standard InChI is InChI=1S/C10H14INO4/c1-7(13)15-6-10(16-8(2)14)9-4-3-5-11-12-9/h4,10H,3,5-6H2,1-2H3. The molecule has 0 aromatic rings. The Hall–Kier alpha value is -0.790. The number of halogens is 1. The zero-order valence-corrected chi connectivity index (χ0v) is 11.4. The molecule has 0 saturated carbocycles. The van der Waals surface area contributed by atoms with Crippen LogP contribution in [-0.4, -0.2) is 29.1 Å². The van der Waals surface area contributed by atoms with Crippen LogP contribution in [0.25, 0.3) is 0 Å². The summed E-state index contributed by atoms with van der Waals surface area (Å²) in [5.74, 6) is -0.778. The van der Waals surface area contributed by atoms with Crippen molar-refractivity contribution in [2.75, 3.05) is 11.0 Å². The molecule has 1 aliphatic heterocycles. The van der Waals surface area contributed by atoms with Gasteiger partial charge in [0.15, 0.2) is 6.10 Å². The third-order valence-electron chi connectivity index (χ3n) is 1.78. The van der Waals surface area contributed by atoms with E-state index in [4.69, 9.17) is 9.47 Å². The first-order valence-electron chi connectivity index (χ1n) is 4.89. The normalized spacial score (nSPS) is 16.8. The summed E-state index contributed by atoms with van der Waals surface area (Å²) in [5.41, 5.74) is 0.746. The van der Waals surface area contributed by atoms with Crippen LogP contribution in [0.3, 0.4) is 0 Å². The van der Waals surface area contributed by atoms with Gasteiger partial charge in [-0.2, -0.15) is 0 Å². The highest BCUT2D eigenvalue weighted by atomic mass is 127. The van der Waals surface area contributed by atoms with E-state index in [0.717, 1.165) is 16.5 Å². The number of alkyl halides is 1. The minimum atomic E-state index is -0.540. The van der Waals surface area contributed by atoms with Gasteiger partial charge < -0.3 is 9.47 Å². The molecule has 6 heteroatoms. The van der Waals surface area contributed by atoms with Gasteiger partial charge in [-0.3, -0.25) is 9.59 Å². The molecule has 0 N–H and O–H groups in total. The highest BCUT2D eigenvalue weighted by Gasteiger charge is 2.19. The summed E-state index contributed by atoms with van der Waals surface area (Å²) in [4.78, 5) is 21.6. The largest absolute Gasteiger partial charge is 0.461 e. The van der Waals surface area contributed by atoms with Gasteiger partial charge in [0.05, 0.1) is 5.70 Å². The Labute approximate surface area is 104 Å².